The van der Waals surface area contributed by atoms with E-state index in [9.17, 15) is 18.0 Å². The van der Waals surface area contributed by atoms with Crippen LogP contribution in [0, 0.1) is 6.92 Å². The van der Waals surface area contributed by atoms with E-state index in [1.807, 2.05) is 6.92 Å². The third-order valence-electron chi connectivity index (χ3n) is 3.64. The Morgan fingerprint density at radius 2 is 1.77 bits per heavy atom. The summed E-state index contributed by atoms with van der Waals surface area (Å²) in [5.74, 6) is 0.0447. The highest BCUT2D eigenvalue weighted by molar-refractivity contribution is 7.89. The van der Waals surface area contributed by atoms with Crippen LogP contribution >= 0.6 is 0 Å². The Labute approximate surface area is 130 Å². The van der Waals surface area contributed by atoms with E-state index in [4.69, 9.17) is 0 Å². The van der Waals surface area contributed by atoms with Gasteiger partial charge < -0.3 is 4.90 Å². The van der Waals surface area contributed by atoms with E-state index in [0.717, 1.165) is 5.56 Å². The van der Waals surface area contributed by atoms with Crippen LogP contribution in [0.25, 0.3) is 0 Å². The van der Waals surface area contributed by atoms with Gasteiger partial charge >= 0.3 is 0 Å². The van der Waals surface area contributed by atoms with Crippen molar-refractivity contribution >= 4 is 21.7 Å². The summed E-state index contributed by atoms with van der Waals surface area (Å²) in [4.78, 5) is 24.9. The number of hydrogen-bond donors (Lipinski definition) is 1. The number of carbonyl (C=O) groups is 2. The van der Waals surface area contributed by atoms with Crippen LogP contribution in [-0.4, -0.2) is 44.6 Å². The third-order valence-corrected chi connectivity index (χ3v) is 5.11. The molecule has 1 aromatic rings. The molecule has 1 N–H and O–H groups in total. The molecular weight excluding hydrogens is 304 g/mol. The van der Waals surface area contributed by atoms with Crippen LogP contribution in [0.15, 0.2) is 29.2 Å². The van der Waals surface area contributed by atoms with Gasteiger partial charge in [-0.25, -0.2) is 13.1 Å². The molecule has 0 bridgehead atoms. The second-order valence-electron chi connectivity index (χ2n) is 5.38. The van der Waals surface area contributed by atoms with E-state index >= 15 is 0 Å². The highest BCUT2D eigenvalue weighted by atomic mass is 32.2. The quantitative estimate of drug-likeness (QED) is 0.870. The molecule has 1 heterocycles. The fourth-order valence-corrected chi connectivity index (χ4v) is 3.29. The molecule has 1 aliphatic rings. The number of hydrogen-bond acceptors (Lipinski definition) is 4. The predicted octanol–water partition coefficient (Wildman–Crippen LogP) is 0.855. The number of nitrogens with one attached hydrogen (secondary N) is 1. The molecule has 2 rings (SSSR count). The predicted molar refractivity (Wildman–Crippen MR) is 81.8 cm³/mol. The number of carbonyl (C=O) groups excluding carboxylic acids is 2. The molecule has 1 fully saturated rings. The molecule has 0 aromatic heterocycles. The normalized spacial score (nSPS) is 15.9. The SMILES string of the molecule is Cc1ccc(S(=O)(=O)NCCC(=O)N2CCC(=O)CC2)cc1. The minimum atomic E-state index is -3.59. The van der Waals surface area contributed by atoms with Gasteiger partial charge in [-0.15, -0.1) is 0 Å². The summed E-state index contributed by atoms with van der Waals surface area (Å²) in [6, 6.07) is 6.53. The average molecular weight is 324 g/mol. The van der Waals surface area contributed by atoms with E-state index in [-0.39, 0.29) is 29.6 Å². The first-order chi connectivity index (χ1) is 10.4. The van der Waals surface area contributed by atoms with Gasteiger partial charge in [0, 0.05) is 38.9 Å². The lowest BCUT2D eigenvalue weighted by Gasteiger charge is -2.26. The van der Waals surface area contributed by atoms with Crippen molar-refractivity contribution in [2.45, 2.75) is 31.1 Å². The molecule has 120 valence electrons. The van der Waals surface area contributed by atoms with Gasteiger partial charge in [-0.3, -0.25) is 9.59 Å². The largest absolute Gasteiger partial charge is 0.342 e. The van der Waals surface area contributed by atoms with E-state index in [2.05, 4.69) is 4.72 Å². The molecule has 7 heteroatoms. The molecule has 0 aliphatic carbocycles. The Hall–Kier alpha value is -1.73. The van der Waals surface area contributed by atoms with Crippen molar-refractivity contribution < 1.29 is 18.0 Å². The summed E-state index contributed by atoms with van der Waals surface area (Å²) >= 11 is 0. The zero-order valence-corrected chi connectivity index (χ0v) is 13.4. The molecule has 0 radical (unpaired) electrons. The lowest BCUT2D eigenvalue weighted by Crippen LogP contribution is -2.40. The van der Waals surface area contributed by atoms with Crippen LogP contribution in [0.2, 0.25) is 0 Å². The number of sulfonamides is 1. The molecule has 0 atom stereocenters. The molecule has 0 unspecified atom stereocenters. The maximum absolute atomic E-state index is 12.1. The van der Waals surface area contributed by atoms with Gasteiger partial charge in [-0.1, -0.05) is 17.7 Å². The Balaban J connectivity index is 1.83. The number of ketones is 1. The zero-order valence-electron chi connectivity index (χ0n) is 12.5. The number of aryl methyl sites for hydroxylation is 1. The van der Waals surface area contributed by atoms with Gasteiger partial charge in [0.1, 0.15) is 5.78 Å². The molecule has 6 nitrogen and oxygen atoms in total. The topological polar surface area (TPSA) is 83.6 Å². The van der Waals surface area contributed by atoms with Crippen molar-refractivity contribution in [2.75, 3.05) is 19.6 Å². The van der Waals surface area contributed by atoms with Gasteiger partial charge in [0.15, 0.2) is 0 Å². The first-order valence-electron chi connectivity index (χ1n) is 7.24. The van der Waals surface area contributed by atoms with Crippen molar-refractivity contribution in [2.24, 2.45) is 0 Å². The van der Waals surface area contributed by atoms with Gasteiger partial charge in [0.25, 0.3) is 0 Å². The molecule has 1 aromatic carbocycles. The summed E-state index contributed by atoms with van der Waals surface area (Å²) in [5, 5.41) is 0. The number of amides is 1. The first kappa shape index (κ1) is 16.6. The Morgan fingerprint density at radius 3 is 2.36 bits per heavy atom. The lowest BCUT2D eigenvalue weighted by molar-refractivity contribution is -0.134. The van der Waals surface area contributed by atoms with Gasteiger partial charge in [0.2, 0.25) is 15.9 Å². The molecule has 1 saturated heterocycles. The number of piperidine rings is 1. The maximum atomic E-state index is 12.1. The van der Waals surface area contributed by atoms with Crippen molar-refractivity contribution in [3.05, 3.63) is 29.8 Å². The van der Waals surface area contributed by atoms with Gasteiger partial charge in [0.05, 0.1) is 4.90 Å². The van der Waals surface area contributed by atoms with E-state index in [0.29, 0.717) is 25.9 Å². The molecule has 22 heavy (non-hydrogen) atoms. The minimum Gasteiger partial charge on any atom is -0.342 e. The number of nitrogens with zero attached hydrogens (tertiary/aromatic N) is 1. The monoisotopic (exact) mass is 324 g/mol. The van der Waals surface area contributed by atoms with Crippen LogP contribution in [0.5, 0.6) is 0 Å². The summed E-state index contributed by atoms with van der Waals surface area (Å²) in [6.07, 6.45) is 0.876. The molecule has 0 spiro atoms. The Morgan fingerprint density at radius 1 is 1.18 bits per heavy atom. The fourth-order valence-electron chi connectivity index (χ4n) is 2.26. The van der Waals surface area contributed by atoms with Crippen molar-refractivity contribution in [1.82, 2.24) is 9.62 Å². The molecule has 0 saturated carbocycles. The Kier molecular flexibility index (Phi) is 5.31. The second-order valence-corrected chi connectivity index (χ2v) is 7.15. The summed E-state index contributed by atoms with van der Waals surface area (Å²) in [7, 11) is -3.59. The minimum absolute atomic E-state index is 0.0550. The van der Waals surface area contributed by atoms with Crippen molar-refractivity contribution in [3.8, 4) is 0 Å². The Bertz CT molecular complexity index is 643. The number of Topliss-reactive ketones (excluding diaryl/α,β-unsaturated/α-hetero) is 1. The summed E-state index contributed by atoms with van der Waals surface area (Å²) < 4.78 is 26.6. The first-order valence-corrected chi connectivity index (χ1v) is 8.72. The molecule has 1 aliphatic heterocycles. The third kappa shape index (κ3) is 4.38. The van der Waals surface area contributed by atoms with Crippen LogP contribution < -0.4 is 4.72 Å². The summed E-state index contributed by atoms with van der Waals surface area (Å²) in [6.45, 7) is 2.80. The smallest absolute Gasteiger partial charge is 0.240 e. The van der Waals surface area contributed by atoms with Gasteiger partial charge in [-0.2, -0.15) is 0 Å². The standard InChI is InChI=1S/C15H20N2O4S/c1-12-2-4-14(5-3-12)22(20,21)16-9-6-15(19)17-10-7-13(18)8-11-17/h2-5,16H,6-11H2,1H3. The lowest BCUT2D eigenvalue weighted by atomic mass is 10.1. The summed E-state index contributed by atoms with van der Waals surface area (Å²) in [5.41, 5.74) is 0.980. The number of rotatable bonds is 5. The number of benzene rings is 1. The zero-order chi connectivity index (χ0) is 16.2. The van der Waals surface area contributed by atoms with Crippen LogP contribution in [-0.2, 0) is 19.6 Å². The van der Waals surface area contributed by atoms with Crippen molar-refractivity contribution in [3.63, 3.8) is 0 Å². The average Bonchev–Trinajstić information content (AvgIpc) is 2.48. The fraction of sp³-hybridized carbons (Fsp3) is 0.467. The molecular formula is C15H20N2O4S. The van der Waals surface area contributed by atoms with Crippen molar-refractivity contribution in [1.29, 1.82) is 0 Å². The maximum Gasteiger partial charge on any atom is 0.240 e. The van der Waals surface area contributed by atoms with Crippen LogP contribution in [0.3, 0.4) is 0 Å². The van der Waals surface area contributed by atoms with Crippen LogP contribution in [0.1, 0.15) is 24.8 Å². The molecule has 1 amide bonds. The van der Waals surface area contributed by atoms with E-state index in [1.165, 1.54) is 12.1 Å². The second kappa shape index (κ2) is 7.02. The van der Waals surface area contributed by atoms with E-state index < -0.39 is 10.0 Å². The highest BCUT2D eigenvalue weighted by Gasteiger charge is 2.21. The van der Waals surface area contributed by atoms with Gasteiger partial charge in [-0.05, 0) is 19.1 Å². The number of likely N-dealkylation sites (tertiary alicyclic amines) is 1. The van der Waals surface area contributed by atoms with Crippen LogP contribution in [0.4, 0.5) is 0 Å². The van der Waals surface area contributed by atoms with E-state index in [1.54, 1.807) is 17.0 Å². The highest BCUT2D eigenvalue weighted by Crippen LogP contribution is 2.10.